The summed E-state index contributed by atoms with van der Waals surface area (Å²) in [4.78, 5) is 15.5. The van der Waals surface area contributed by atoms with Gasteiger partial charge in [-0.25, -0.2) is 8.78 Å². The van der Waals surface area contributed by atoms with Gasteiger partial charge >= 0.3 is 0 Å². The van der Waals surface area contributed by atoms with E-state index in [9.17, 15) is 10.1 Å². The van der Waals surface area contributed by atoms with E-state index < -0.39 is 40.8 Å². The first-order valence-electron chi connectivity index (χ1n) is 12.3. The molecule has 4 atom stereocenters. The summed E-state index contributed by atoms with van der Waals surface area (Å²) in [5.41, 5.74) is -1.12. The fourth-order valence-corrected chi connectivity index (χ4v) is 6.30. The normalized spacial score (nSPS) is 25.3. The molecule has 1 saturated heterocycles. The van der Waals surface area contributed by atoms with Gasteiger partial charge in [0.1, 0.15) is 17.1 Å². The predicted octanol–water partition coefficient (Wildman–Crippen LogP) is 7.69. The van der Waals surface area contributed by atoms with Crippen LogP contribution in [0.5, 0.6) is 0 Å². The zero-order chi connectivity index (χ0) is 27.8. The van der Waals surface area contributed by atoms with Crippen molar-refractivity contribution in [2.24, 2.45) is 17.3 Å². The Morgan fingerprint density at radius 1 is 1.13 bits per heavy atom. The third-order valence-electron chi connectivity index (χ3n) is 7.39. The van der Waals surface area contributed by atoms with Crippen molar-refractivity contribution in [3.63, 3.8) is 0 Å². The zero-order valence-electron chi connectivity index (χ0n) is 21.3. The highest BCUT2D eigenvalue weighted by Crippen LogP contribution is 2.54. The number of allylic oxidation sites excluding steroid dienone is 3. The monoisotopic (exact) mass is 553 g/mol. The van der Waals surface area contributed by atoms with Gasteiger partial charge in [0.2, 0.25) is 0 Å². The minimum atomic E-state index is -1.59. The molecule has 1 unspecified atom stereocenters. The van der Waals surface area contributed by atoms with Crippen LogP contribution in [0.2, 0.25) is 5.02 Å². The van der Waals surface area contributed by atoms with Crippen molar-refractivity contribution in [3.05, 3.63) is 93.0 Å². The van der Waals surface area contributed by atoms with E-state index >= 15 is 8.78 Å². The summed E-state index contributed by atoms with van der Waals surface area (Å²) in [5, 5.41) is 20.1. The second-order valence-corrected chi connectivity index (χ2v) is 11.9. The summed E-state index contributed by atoms with van der Waals surface area (Å²) in [6.45, 7) is 6.14. The minimum absolute atomic E-state index is 0.0808. The van der Waals surface area contributed by atoms with Gasteiger partial charge in [-0.05, 0) is 60.7 Å². The van der Waals surface area contributed by atoms with E-state index in [-0.39, 0.29) is 39.6 Å². The number of rotatable bonds is 4. The van der Waals surface area contributed by atoms with Gasteiger partial charge in [0.05, 0.1) is 28.8 Å². The van der Waals surface area contributed by atoms with Crippen LogP contribution in [-0.4, -0.2) is 23.4 Å². The highest BCUT2D eigenvalue weighted by Gasteiger charge is 2.61. The number of benzene rings is 2. The molecule has 0 spiro atoms. The van der Waals surface area contributed by atoms with Crippen LogP contribution < -0.4 is 0 Å². The molecule has 8 heteroatoms. The smallest absolute Gasteiger partial charge is 0.254 e. The van der Waals surface area contributed by atoms with Gasteiger partial charge in [-0.3, -0.25) is 4.79 Å². The zero-order valence-corrected chi connectivity index (χ0v) is 22.8. The van der Waals surface area contributed by atoms with E-state index in [1.807, 2.05) is 26.8 Å². The number of hydrogen-bond donors (Lipinski definition) is 0. The van der Waals surface area contributed by atoms with Gasteiger partial charge < -0.3 is 4.90 Å². The Kier molecular flexibility index (Phi) is 7.71. The van der Waals surface area contributed by atoms with E-state index in [1.165, 1.54) is 47.4 Å². The number of nitriles is 2. The fourth-order valence-electron chi connectivity index (χ4n) is 5.91. The molecule has 2 aliphatic rings. The number of halogens is 4. The van der Waals surface area contributed by atoms with Crippen LogP contribution in [0, 0.1) is 45.7 Å². The molecule has 1 fully saturated rings. The molecule has 1 amide bonds. The van der Waals surface area contributed by atoms with Crippen LogP contribution in [0.15, 0.2) is 65.5 Å². The van der Waals surface area contributed by atoms with Crippen LogP contribution in [0.25, 0.3) is 0 Å². The van der Waals surface area contributed by atoms with Crippen molar-refractivity contribution in [3.8, 4) is 12.1 Å². The molecule has 0 saturated carbocycles. The first-order valence-corrected chi connectivity index (χ1v) is 13.1. The molecule has 0 aromatic heterocycles. The molecule has 1 heterocycles. The van der Waals surface area contributed by atoms with Crippen molar-refractivity contribution in [1.82, 2.24) is 4.90 Å². The van der Waals surface area contributed by atoms with Crippen LogP contribution in [0.3, 0.4) is 0 Å². The third-order valence-corrected chi connectivity index (χ3v) is 7.94. The maximum atomic E-state index is 15.8. The van der Waals surface area contributed by atoms with Crippen molar-refractivity contribution in [1.29, 1.82) is 10.5 Å². The van der Waals surface area contributed by atoms with Crippen molar-refractivity contribution >= 4 is 29.1 Å². The molecule has 0 radical (unpaired) electrons. The molecule has 0 N–H and O–H groups in total. The summed E-state index contributed by atoms with van der Waals surface area (Å²) >= 11 is 12.3. The summed E-state index contributed by atoms with van der Waals surface area (Å²) in [5.74, 6) is -3.23. The molecule has 196 valence electrons. The van der Waals surface area contributed by atoms with Crippen LogP contribution in [0.1, 0.15) is 55.1 Å². The van der Waals surface area contributed by atoms with Gasteiger partial charge in [-0.15, -0.1) is 0 Å². The van der Waals surface area contributed by atoms with Crippen molar-refractivity contribution in [2.45, 2.75) is 45.1 Å². The molecule has 2 aromatic carbocycles. The summed E-state index contributed by atoms with van der Waals surface area (Å²) in [6.07, 6.45) is 3.82. The number of hydrogen-bond acceptors (Lipinski definition) is 3. The lowest BCUT2D eigenvalue weighted by atomic mass is 9.61. The number of carbonyl (C=O) groups is 1. The second-order valence-electron chi connectivity index (χ2n) is 11.1. The van der Waals surface area contributed by atoms with Gasteiger partial charge in [0.25, 0.3) is 5.91 Å². The molecular weight excluding hydrogens is 527 g/mol. The van der Waals surface area contributed by atoms with E-state index in [0.29, 0.717) is 12.0 Å². The van der Waals surface area contributed by atoms with Crippen LogP contribution in [0.4, 0.5) is 8.78 Å². The lowest BCUT2D eigenvalue weighted by Crippen LogP contribution is -2.51. The highest BCUT2D eigenvalue weighted by molar-refractivity contribution is 6.31. The topological polar surface area (TPSA) is 67.9 Å². The Morgan fingerprint density at radius 3 is 2.39 bits per heavy atom. The molecule has 1 aliphatic carbocycles. The molecule has 4 nitrogen and oxygen atoms in total. The van der Waals surface area contributed by atoms with Gasteiger partial charge in [0, 0.05) is 34.5 Å². The lowest BCUT2D eigenvalue weighted by Gasteiger charge is -2.41. The van der Waals surface area contributed by atoms with Gasteiger partial charge in [-0.1, -0.05) is 56.1 Å². The van der Waals surface area contributed by atoms with E-state index in [4.69, 9.17) is 28.5 Å². The number of amides is 1. The summed E-state index contributed by atoms with van der Waals surface area (Å²) in [6, 6.07) is 13.6. The average Bonchev–Trinajstić information content (AvgIpc) is 3.18. The Hall–Kier alpha value is -3.19. The van der Waals surface area contributed by atoms with E-state index in [2.05, 4.69) is 6.07 Å². The molecule has 38 heavy (non-hydrogen) atoms. The molecule has 2 aromatic rings. The average molecular weight is 554 g/mol. The van der Waals surface area contributed by atoms with E-state index in [1.54, 1.807) is 6.08 Å². The first-order chi connectivity index (χ1) is 17.9. The molecule has 0 bridgehead atoms. The van der Waals surface area contributed by atoms with Crippen molar-refractivity contribution < 1.29 is 13.6 Å². The largest absolute Gasteiger partial charge is 0.333 e. The Balaban J connectivity index is 1.98. The Morgan fingerprint density at radius 2 is 1.82 bits per heavy atom. The Bertz CT molecular complexity index is 1400. The number of likely N-dealkylation sites (tertiary alicyclic amines) is 1. The van der Waals surface area contributed by atoms with Crippen LogP contribution >= 0.6 is 23.2 Å². The third kappa shape index (κ3) is 4.96. The summed E-state index contributed by atoms with van der Waals surface area (Å²) in [7, 11) is 0. The Labute approximate surface area is 231 Å². The minimum Gasteiger partial charge on any atom is -0.333 e. The molecule has 1 aliphatic heterocycles. The molecular formula is C30H27Cl2F2N3O. The van der Waals surface area contributed by atoms with Gasteiger partial charge in [-0.2, -0.15) is 10.5 Å². The maximum Gasteiger partial charge on any atom is 0.254 e. The SMILES string of the molecule is CC(C)(C)C[C@@H]1CN(C(=O)c2ccc(C#N)cc2)[C@H](C2CC=CC(Cl)=C2F)[C@@]1(C#N)c1ccc(Cl)cc1F. The van der Waals surface area contributed by atoms with Crippen LogP contribution in [-0.2, 0) is 5.41 Å². The van der Waals surface area contributed by atoms with E-state index in [0.717, 1.165) is 6.07 Å². The number of carbonyl (C=O) groups excluding carboxylic acids is 1. The second kappa shape index (κ2) is 10.5. The highest BCUT2D eigenvalue weighted by atomic mass is 35.5. The predicted molar refractivity (Wildman–Crippen MR) is 143 cm³/mol. The molecule has 4 rings (SSSR count). The first kappa shape index (κ1) is 27.8. The fraction of sp³-hybridized carbons (Fsp3) is 0.367. The van der Waals surface area contributed by atoms with Gasteiger partial charge in [0.15, 0.2) is 0 Å². The quantitative estimate of drug-likeness (QED) is 0.389. The standard InChI is InChI=1S/C30H27Cl2F2N3O/c1-29(2,3)14-20-16-37(28(38)19-9-7-18(15-35)8-10-19)27(22-5-4-6-24(32)26(22)34)30(20,17-36)23-12-11-21(31)13-25(23)33/h4,6-13,20,22,27H,5,14,16H2,1-3H3/t20-,22?,27-,30-/m1/s1. The number of nitrogens with zero attached hydrogens (tertiary/aromatic N) is 3. The lowest BCUT2D eigenvalue weighted by molar-refractivity contribution is 0.0660. The maximum absolute atomic E-state index is 15.8. The van der Waals surface area contributed by atoms with Crippen molar-refractivity contribution in [2.75, 3.05) is 6.54 Å². The summed E-state index contributed by atoms with van der Waals surface area (Å²) < 4.78 is 31.4.